The number of aliphatic imine (C=N–C) groups is 1. The van der Waals surface area contributed by atoms with Crippen molar-refractivity contribution in [3.05, 3.63) is 58.9 Å². The van der Waals surface area contributed by atoms with Gasteiger partial charge in [-0.05, 0) is 55.5 Å². The number of hydrogen-bond acceptors (Lipinski definition) is 3. The number of aromatic nitrogens is 1. The molecule has 1 aromatic heterocycles. The summed E-state index contributed by atoms with van der Waals surface area (Å²) >= 11 is 5.83. The van der Waals surface area contributed by atoms with Crippen LogP contribution in [0.3, 0.4) is 0 Å². The van der Waals surface area contributed by atoms with Crippen LogP contribution in [0, 0.1) is 0 Å². The van der Waals surface area contributed by atoms with Crippen LogP contribution in [0.25, 0.3) is 0 Å². The summed E-state index contributed by atoms with van der Waals surface area (Å²) in [6.45, 7) is 5.74. The maximum Gasteiger partial charge on any atom is 0.321 e. The predicted octanol–water partition coefficient (Wildman–Crippen LogP) is 3.66. The summed E-state index contributed by atoms with van der Waals surface area (Å²) in [5.41, 5.74) is 2.95. The molecule has 1 aliphatic rings. The van der Waals surface area contributed by atoms with Crippen LogP contribution >= 0.6 is 11.6 Å². The average Bonchev–Trinajstić information content (AvgIpc) is 3.29. The third kappa shape index (κ3) is 6.91. The number of likely N-dealkylation sites (tertiary alicyclic amines) is 1. The minimum Gasteiger partial charge on any atom is -0.357 e. The van der Waals surface area contributed by atoms with Crippen LogP contribution in [0.15, 0.2) is 47.6 Å². The highest BCUT2D eigenvalue weighted by Crippen LogP contribution is 2.14. The van der Waals surface area contributed by atoms with Crippen LogP contribution in [0.5, 0.6) is 0 Å². The number of halogens is 1. The minimum atomic E-state index is -0.0279. The second-order valence-electron chi connectivity index (χ2n) is 7.19. The topological polar surface area (TPSA) is 81.7 Å². The van der Waals surface area contributed by atoms with E-state index < -0.39 is 0 Å². The lowest BCUT2D eigenvalue weighted by atomic mass is 10.2. The quantitative estimate of drug-likeness (QED) is 0.357. The van der Waals surface area contributed by atoms with Crippen LogP contribution in [0.1, 0.15) is 30.9 Å². The Bertz CT molecular complexity index is 849. The summed E-state index contributed by atoms with van der Waals surface area (Å²) < 4.78 is 0. The molecule has 30 heavy (non-hydrogen) atoms. The molecule has 160 valence electrons. The highest BCUT2D eigenvalue weighted by Gasteiger charge is 2.17. The lowest BCUT2D eigenvalue weighted by Crippen LogP contribution is -2.38. The molecule has 3 rings (SSSR count). The highest BCUT2D eigenvalue weighted by atomic mass is 35.5. The lowest BCUT2D eigenvalue weighted by Gasteiger charge is -2.16. The van der Waals surface area contributed by atoms with Crippen LogP contribution in [0.4, 0.5) is 10.5 Å². The first-order chi connectivity index (χ1) is 14.6. The molecular formula is C22H29ClN6O. The van der Waals surface area contributed by atoms with Gasteiger partial charge in [-0.2, -0.15) is 0 Å². The van der Waals surface area contributed by atoms with Gasteiger partial charge >= 0.3 is 6.03 Å². The number of pyridine rings is 1. The fraction of sp³-hybridized carbons (Fsp3) is 0.409. The molecule has 0 bridgehead atoms. The van der Waals surface area contributed by atoms with Crippen molar-refractivity contribution < 1.29 is 4.79 Å². The van der Waals surface area contributed by atoms with Crippen LogP contribution in [-0.2, 0) is 13.0 Å². The van der Waals surface area contributed by atoms with Crippen molar-refractivity contribution in [1.29, 1.82) is 0 Å². The van der Waals surface area contributed by atoms with Gasteiger partial charge in [-0.15, -0.1) is 0 Å². The number of guanidine groups is 1. The van der Waals surface area contributed by atoms with Crippen LogP contribution in [-0.4, -0.2) is 48.1 Å². The number of hydrogen-bond donors (Lipinski definition) is 3. The van der Waals surface area contributed by atoms with Gasteiger partial charge in [0.05, 0.1) is 6.54 Å². The third-order valence-corrected chi connectivity index (χ3v) is 5.05. The molecule has 0 spiro atoms. The molecule has 0 atom stereocenters. The molecule has 1 aromatic carbocycles. The molecule has 0 aliphatic carbocycles. The van der Waals surface area contributed by atoms with Gasteiger partial charge in [0, 0.05) is 38.1 Å². The van der Waals surface area contributed by atoms with Crippen molar-refractivity contribution in [2.75, 3.05) is 31.5 Å². The number of urea groups is 1. The minimum absolute atomic E-state index is 0.0279. The summed E-state index contributed by atoms with van der Waals surface area (Å²) in [6, 6.07) is 11.6. The van der Waals surface area contributed by atoms with Crippen molar-refractivity contribution >= 4 is 29.3 Å². The Morgan fingerprint density at radius 1 is 1.17 bits per heavy atom. The fourth-order valence-electron chi connectivity index (χ4n) is 3.26. The van der Waals surface area contributed by atoms with E-state index in [1.54, 1.807) is 12.3 Å². The Kier molecular flexibility index (Phi) is 8.32. The third-order valence-electron chi connectivity index (χ3n) is 4.83. The molecule has 1 saturated heterocycles. The normalized spacial score (nSPS) is 13.9. The van der Waals surface area contributed by atoms with Gasteiger partial charge in [0.1, 0.15) is 5.15 Å². The van der Waals surface area contributed by atoms with E-state index >= 15 is 0 Å². The maximum atomic E-state index is 12.3. The van der Waals surface area contributed by atoms with E-state index in [1.807, 2.05) is 42.2 Å². The number of rotatable bonds is 7. The highest BCUT2D eigenvalue weighted by molar-refractivity contribution is 6.29. The van der Waals surface area contributed by atoms with E-state index in [1.165, 1.54) is 0 Å². The predicted molar refractivity (Wildman–Crippen MR) is 122 cm³/mol. The SMILES string of the molecule is CCNC(=NCc1cccc(NC(=O)N2CCCC2)c1)NCCc1ccc(Cl)nc1. The number of amides is 2. The zero-order chi connectivity index (χ0) is 21.2. The summed E-state index contributed by atoms with van der Waals surface area (Å²) in [5, 5.41) is 10.1. The molecule has 0 saturated carbocycles. The molecule has 2 amide bonds. The average molecular weight is 429 g/mol. The molecule has 1 fully saturated rings. The van der Waals surface area contributed by atoms with E-state index in [-0.39, 0.29) is 6.03 Å². The van der Waals surface area contributed by atoms with Gasteiger partial charge < -0.3 is 20.9 Å². The zero-order valence-corrected chi connectivity index (χ0v) is 18.1. The Balaban J connectivity index is 1.53. The molecule has 3 N–H and O–H groups in total. The second kappa shape index (κ2) is 11.4. The smallest absolute Gasteiger partial charge is 0.321 e. The molecular weight excluding hydrogens is 400 g/mol. The number of nitrogens with zero attached hydrogens (tertiary/aromatic N) is 3. The number of nitrogens with one attached hydrogen (secondary N) is 3. The largest absolute Gasteiger partial charge is 0.357 e. The molecule has 8 heteroatoms. The summed E-state index contributed by atoms with van der Waals surface area (Å²) in [5.74, 6) is 0.755. The molecule has 0 unspecified atom stereocenters. The molecule has 0 radical (unpaired) electrons. The van der Waals surface area contributed by atoms with Gasteiger partial charge in [-0.3, -0.25) is 0 Å². The van der Waals surface area contributed by atoms with Crippen molar-refractivity contribution in [3.63, 3.8) is 0 Å². The van der Waals surface area contributed by atoms with Crippen molar-refractivity contribution in [3.8, 4) is 0 Å². The molecule has 7 nitrogen and oxygen atoms in total. The van der Waals surface area contributed by atoms with E-state index in [9.17, 15) is 4.79 Å². The molecule has 2 aromatic rings. The summed E-state index contributed by atoms with van der Waals surface area (Å²) in [4.78, 5) is 22.9. The number of carbonyl (C=O) groups is 1. The molecule has 1 aliphatic heterocycles. The van der Waals surface area contributed by atoms with Gasteiger partial charge in [-0.25, -0.2) is 14.8 Å². The van der Waals surface area contributed by atoms with Gasteiger partial charge in [0.15, 0.2) is 5.96 Å². The number of anilines is 1. The van der Waals surface area contributed by atoms with Gasteiger partial charge in [0.25, 0.3) is 0 Å². The van der Waals surface area contributed by atoms with Crippen molar-refractivity contribution in [2.45, 2.75) is 32.7 Å². The standard InChI is InChI=1S/C22H29ClN6O/c1-2-24-21(25-11-10-17-8-9-20(23)26-15-17)27-16-18-6-5-7-19(14-18)28-22(30)29-12-3-4-13-29/h5-9,14-15H,2-4,10-13,16H2,1H3,(H,28,30)(H2,24,25,27). The Morgan fingerprint density at radius 2 is 2.00 bits per heavy atom. The monoisotopic (exact) mass is 428 g/mol. The van der Waals surface area contributed by atoms with E-state index in [0.29, 0.717) is 11.7 Å². The van der Waals surface area contributed by atoms with Gasteiger partial charge in [-0.1, -0.05) is 29.8 Å². The number of benzene rings is 1. The summed E-state index contributed by atoms with van der Waals surface area (Å²) in [6.07, 6.45) is 4.77. The van der Waals surface area contributed by atoms with Crippen molar-refractivity contribution in [1.82, 2.24) is 20.5 Å². The first-order valence-corrected chi connectivity index (χ1v) is 10.8. The van der Waals surface area contributed by atoms with E-state index in [4.69, 9.17) is 11.6 Å². The fourth-order valence-corrected chi connectivity index (χ4v) is 3.37. The first kappa shape index (κ1) is 21.9. The van der Waals surface area contributed by atoms with Gasteiger partial charge in [0.2, 0.25) is 0 Å². The van der Waals surface area contributed by atoms with Crippen LogP contribution in [0.2, 0.25) is 5.15 Å². The second-order valence-corrected chi connectivity index (χ2v) is 7.57. The van der Waals surface area contributed by atoms with E-state index in [2.05, 4.69) is 25.9 Å². The lowest BCUT2D eigenvalue weighted by molar-refractivity contribution is 0.222. The van der Waals surface area contributed by atoms with Crippen LogP contribution < -0.4 is 16.0 Å². The van der Waals surface area contributed by atoms with E-state index in [0.717, 1.165) is 68.2 Å². The Labute approximate surface area is 182 Å². The Hall–Kier alpha value is -2.80. The maximum absolute atomic E-state index is 12.3. The van der Waals surface area contributed by atoms with Crippen molar-refractivity contribution in [2.24, 2.45) is 4.99 Å². The first-order valence-electron chi connectivity index (χ1n) is 10.4. The molecule has 2 heterocycles. The zero-order valence-electron chi connectivity index (χ0n) is 17.3. The Morgan fingerprint density at radius 3 is 2.73 bits per heavy atom. The summed E-state index contributed by atoms with van der Waals surface area (Å²) in [7, 11) is 0. The number of carbonyl (C=O) groups excluding carboxylic acids is 1.